The summed E-state index contributed by atoms with van der Waals surface area (Å²) >= 11 is 0. The maximum absolute atomic E-state index is 4.09. The van der Waals surface area contributed by atoms with Gasteiger partial charge in [0.2, 0.25) is 0 Å². The molecule has 1 fully saturated rings. The van der Waals surface area contributed by atoms with Crippen molar-refractivity contribution in [3.8, 4) is 0 Å². The highest BCUT2D eigenvalue weighted by molar-refractivity contribution is 5.48. The molecule has 0 aromatic carbocycles. The van der Waals surface area contributed by atoms with Gasteiger partial charge >= 0.3 is 0 Å². The third-order valence-electron chi connectivity index (χ3n) is 3.43. The van der Waals surface area contributed by atoms with Crippen LogP contribution in [0.4, 0.5) is 5.69 Å². The van der Waals surface area contributed by atoms with E-state index in [1.165, 1.54) is 24.1 Å². The highest BCUT2D eigenvalue weighted by Crippen LogP contribution is 2.27. The summed E-state index contributed by atoms with van der Waals surface area (Å²) in [4.78, 5) is 6.57. The van der Waals surface area contributed by atoms with E-state index < -0.39 is 0 Å². The minimum absolute atomic E-state index is 0.583. The fraction of sp³-hybridized carbons (Fsp3) is 0.615. The summed E-state index contributed by atoms with van der Waals surface area (Å²) in [5, 5.41) is 3.49. The molecule has 0 amide bonds. The van der Waals surface area contributed by atoms with Gasteiger partial charge in [0, 0.05) is 36.7 Å². The molecule has 1 N–H and O–H groups in total. The van der Waals surface area contributed by atoms with Crippen LogP contribution in [0, 0.1) is 6.92 Å². The zero-order valence-corrected chi connectivity index (χ0v) is 10.4. The smallest absolute Gasteiger partial charge is 0.0401 e. The Balaban J connectivity index is 1.84. The summed E-state index contributed by atoms with van der Waals surface area (Å²) in [6.07, 6.45) is 6.48. The van der Waals surface area contributed by atoms with Crippen molar-refractivity contribution in [2.45, 2.75) is 38.8 Å². The number of likely N-dealkylation sites (N-methyl/N-ethyl adjacent to an activating group) is 1. The lowest BCUT2D eigenvalue weighted by Gasteiger charge is -2.25. The number of nitrogens with one attached hydrogen (secondary N) is 1. The van der Waals surface area contributed by atoms with Crippen LogP contribution < -0.4 is 5.32 Å². The normalized spacial score (nSPS) is 17.5. The molecule has 1 saturated carbocycles. The third-order valence-corrected chi connectivity index (χ3v) is 3.43. The van der Waals surface area contributed by atoms with Gasteiger partial charge in [0.15, 0.2) is 0 Å². The Kier molecular flexibility index (Phi) is 3.44. The standard InChI is InChI=1S/C13H21N3/c1-10-8-14-7-6-13(10)15-9-11(2)16(3)12-4-5-12/h6-8,11-12H,4-5,9H2,1-3H3,(H,14,15). The van der Waals surface area contributed by atoms with Gasteiger partial charge in [-0.2, -0.15) is 0 Å². The van der Waals surface area contributed by atoms with Crippen molar-refractivity contribution in [2.75, 3.05) is 18.9 Å². The summed E-state index contributed by atoms with van der Waals surface area (Å²) in [7, 11) is 2.23. The minimum atomic E-state index is 0.583. The number of nitrogens with zero attached hydrogens (tertiary/aromatic N) is 2. The topological polar surface area (TPSA) is 28.2 Å². The Morgan fingerprint density at radius 2 is 2.31 bits per heavy atom. The first-order valence-corrected chi connectivity index (χ1v) is 6.05. The summed E-state index contributed by atoms with van der Waals surface area (Å²) in [6, 6.07) is 3.45. The van der Waals surface area contributed by atoms with Crippen LogP contribution >= 0.6 is 0 Å². The van der Waals surface area contributed by atoms with Gasteiger partial charge in [-0.25, -0.2) is 0 Å². The van der Waals surface area contributed by atoms with Gasteiger partial charge in [0.05, 0.1) is 0 Å². The first-order valence-electron chi connectivity index (χ1n) is 6.05. The molecule has 1 aliphatic carbocycles. The van der Waals surface area contributed by atoms with Gasteiger partial charge in [-0.15, -0.1) is 0 Å². The molecule has 0 spiro atoms. The number of aromatic nitrogens is 1. The molecule has 1 unspecified atom stereocenters. The Hall–Kier alpha value is -1.09. The van der Waals surface area contributed by atoms with Crippen LogP contribution in [0.2, 0.25) is 0 Å². The van der Waals surface area contributed by atoms with Crippen LogP contribution in [0.25, 0.3) is 0 Å². The molecular weight excluding hydrogens is 198 g/mol. The SMILES string of the molecule is Cc1cnccc1NCC(C)N(C)C1CC1. The van der Waals surface area contributed by atoms with E-state index in [-0.39, 0.29) is 0 Å². The lowest BCUT2D eigenvalue weighted by molar-refractivity contribution is 0.257. The molecule has 1 aromatic heterocycles. The van der Waals surface area contributed by atoms with Crippen molar-refractivity contribution in [3.05, 3.63) is 24.0 Å². The molecule has 0 bridgehead atoms. The molecule has 16 heavy (non-hydrogen) atoms. The van der Waals surface area contributed by atoms with Crippen LogP contribution in [-0.2, 0) is 0 Å². The molecule has 1 heterocycles. The maximum atomic E-state index is 4.09. The first kappa shape index (κ1) is 11.4. The minimum Gasteiger partial charge on any atom is -0.383 e. The van der Waals surface area contributed by atoms with Gasteiger partial charge in [0.1, 0.15) is 0 Å². The average molecular weight is 219 g/mol. The lowest BCUT2D eigenvalue weighted by Crippen LogP contribution is -2.36. The van der Waals surface area contributed by atoms with Crippen LogP contribution in [0.3, 0.4) is 0 Å². The van der Waals surface area contributed by atoms with E-state index in [2.05, 4.69) is 36.1 Å². The van der Waals surface area contributed by atoms with E-state index in [0.29, 0.717) is 6.04 Å². The van der Waals surface area contributed by atoms with E-state index >= 15 is 0 Å². The van der Waals surface area contributed by atoms with Gasteiger partial charge < -0.3 is 5.32 Å². The molecule has 1 aliphatic rings. The van der Waals surface area contributed by atoms with E-state index in [0.717, 1.165) is 12.6 Å². The summed E-state index contributed by atoms with van der Waals surface area (Å²) in [5.41, 5.74) is 2.41. The number of anilines is 1. The second-order valence-electron chi connectivity index (χ2n) is 4.82. The molecule has 0 saturated heterocycles. The molecule has 0 radical (unpaired) electrons. The maximum Gasteiger partial charge on any atom is 0.0401 e. The summed E-state index contributed by atoms with van der Waals surface area (Å²) in [6.45, 7) is 5.37. The van der Waals surface area contributed by atoms with Crippen molar-refractivity contribution in [1.82, 2.24) is 9.88 Å². The van der Waals surface area contributed by atoms with Gasteiger partial charge in [0.25, 0.3) is 0 Å². The number of pyridine rings is 1. The fourth-order valence-corrected chi connectivity index (χ4v) is 1.92. The summed E-state index contributed by atoms with van der Waals surface area (Å²) in [5.74, 6) is 0. The molecule has 1 atom stereocenters. The van der Waals surface area contributed by atoms with Crippen LogP contribution in [-0.4, -0.2) is 35.6 Å². The van der Waals surface area contributed by atoms with Gasteiger partial charge in [-0.05, 0) is 45.4 Å². The van der Waals surface area contributed by atoms with Crippen molar-refractivity contribution >= 4 is 5.69 Å². The molecule has 88 valence electrons. The van der Waals surface area contributed by atoms with Crippen LogP contribution in [0.5, 0.6) is 0 Å². The zero-order valence-electron chi connectivity index (χ0n) is 10.4. The Labute approximate surface area is 97.9 Å². The molecular formula is C13H21N3. The first-order chi connectivity index (χ1) is 7.68. The predicted octanol–water partition coefficient (Wildman–Crippen LogP) is 2.28. The van der Waals surface area contributed by atoms with E-state index in [1.807, 2.05) is 18.5 Å². The van der Waals surface area contributed by atoms with Crippen molar-refractivity contribution in [1.29, 1.82) is 0 Å². The number of hydrogen-bond donors (Lipinski definition) is 1. The van der Waals surface area contributed by atoms with E-state index in [1.54, 1.807) is 0 Å². The monoisotopic (exact) mass is 219 g/mol. The Morgan fingerprint density at radius 3 is 2.94 bits per heavy atom. The Bertz CT molecular complexity index is 347. The fourth-order valence-electron chi connectivity index (χ4n) is 1.92. The molecule has 1 aromatic rings. The number of rotatable bonds is 5. The largest absolute Gasteiger partial charge is 0.383 e. The highest BCUT2D eigenvalue weighted by Gasteiger charge is 2.28. The Morgan fingerprint density at radius 1 is 1.56 bits per heavy atom. The number of hydrogen-bond acceptors (Lipinski definition) is 3. The van der Waals surface area contributed by atoms with Crippen LogP contribution in [0.1, 0.15) is 25.3 Å². The van der Waals surface area contributed by atoms with E-state index in [9.17, 15) is 0 Å². The number of aryl methyl sites for hydroxylation is 1. The summed E-state index contributed by atoms with van der Waals surface area (Å²) < 4.78 is 0. The second kappa shape index (κ2) is 4.83. The average Bonchev–Trinajstić information content (AvgIpc) is 3.10. The molecule has 3 heteroatoms. The van der Waals surface area contributed by atoms with Gasteiger partial charge in [-0.1, -0.05) is 0 Å². The predicted molar refractivity (Wildman–Crippen MR) is 67.7 cm³/mol. The van der Waals surface area contributed by atoms with E-state index in [4.69, 9.17) is 0 Å². The van der Waals surface area contributed by atoms with Crippen LogP contribution in [0.15, 0.2) is 18.5 Å². The highest BCUT2D eigenvalue weighted by atomic mass is 15.2. The van der Waals surface area contributed by atoms with Crippen molar-refractivity contribution in [3.63, 3.8) is 0 Å². The molecule has 2 rings (SSSR count). The lowest BCUT2D eigenvalue weighted by atomic mass is 10.2. The van der Waals surface area contributed by atoms with Crippen molar-refractivity contribution in [2.24, 2.45) is 0 Å². The molecule has 3 nitrogen and oxygen atoms in total. The quantitative estimate of drug-likeness (QED) is 0.823. The zero-order chi connectivity index (χ0) is 11.5. The molecule has 0 aliphatic heterocycles. The third kappa shape index (κ3) is 2.73. The second-order valence-corrected chi connectivity index (χ2v) is 4.82. The van der Waals surface area contributed by atoms with Gasteiger partial charge in [-0.3, -0.25) is 9.88 Å². The van der Waals surface area contributed by atoms with Crippen molar-refractivity contribution < 1.29 is 0 Å².